The first kappa shape index (κ1) is 14.0. The summed E-state index contributed by atoms with van der Waals surface area (Å²) in [7, 11) is 1.64. The van der Waals surface area contributed by atoms with Gasteiger partial charge in [0, 0.05) is 11.6 Å². The molecule has 1 atom stereocenters. The molecule has 0 bridgehead atoms. The Morgan fingerprint density at radius 1 is 1.29 bits per heavy atom. The third-order valence-corrected chi connectivity index (χ3v) is 2.78. The second kappa shape index (κ2) is 6.59. The molecule has 0 aliphatic heterocycles. The quantitative estimate of drug-likeness (QED) is 0.693. The number of hydrogen-bond donors (Lipinski definition) is 3. The van der Waals surface area contributed by atoms with Gasteiger partial charge in [0.2, 0.25) is 0 Å². The lowest BCUT2D eigenvalue weighted by molar-refractivity contribution is 0.163. The highest BCUT2D eigenvalue weighted by molar-refractivity contribution is 5.39. The fourth-order valence-corrected chi connectivity index (χ4v) is 1.78. The topological polar surface area (TPSA) is 61.7 Å². The maximum atomic E-state index is 9.04. The van der Waals surface area contributed by atoms with Crippen molar-refractivity contribution in [3.05, 3.63) is 29.3 Å². The largest absolute Gasteiger partial charge is 0.496 e. The van der Waals surface area contributed by atoms with Gasteiger partial charge in [-0.05, 0) is 25.5 Å². The molecule has 0 saturated carbocycles. The first-order valence-corrected chi connectivity index (χ1v) is 5.74. The summed E-state index contributed by atoms with van der Waals surface area (Å²) in [4.78, 5) is 0. The van der Waals surface area contributed by atoms with E-state index in [-0.39, 0.29) is 25.3 Å². The zero-order valence-electron chi connectivity index (χ0n) is 10.6. The van der Waals surface area contributed by atoms with E-state index in [0.717, 1.165) is 16.9 Å². The summed E-state index contributed by atoms with van der Waals surface area (Å²) in [6.45, 7) is 3.81. The monoisotopic (exact) mass is 239 g/mol. The summed E-state index contributed by atoms with van der Waals surface area (Å²) in [6.07, 6.45) is 0. The van der Waals surface area contributed by atoms with Gasteiger partial charge >= 0.3 is 0 Å². The Morgan fingerprint density at radius 2 is 1.94 bits per heavy atom. The Kier molecular flexibility index (Phi) is 5.41. The molecule has 0 aromatic heterocycles. The number of nitrogens with one attached hydrogen (secondary N) is 1. The second-order valence-corrected chi connectivity index (χ2v) is 4.20. The van der Waals surface area contributed by atoms with E-state index in [1.807, 2.05) is 32.0 Å². The summed E-state index contributed by atoms with van der Waals surface area (Å²) in [5.41, 5.74) is 2.16. The highest BCUT2D eigenvalue weighted by Crippen LogP contribution is 2.26. The lowest BCUT2D eigenvalue weighted by Crippen LogP contribution is -2.37. The molecule has 96 valence electrons. The molecule has 4 nitrogen and oxygen atoms in total. The van der Waals surface area contributed by atoms with Crippen LogP contribution in [0.25, 0.3) is 0 Å². The Hall–Kier alpha value is -1.10. The number of aliphatic hydroxyl groups excluding tert-OH is 2. The molecule has 0 amide bonds. The predicted octanol–water partition coefficient (Wildman–Crippen LogP) is 1.01. The molecule has 1 aromatic carbocycles. The van der Waals surface area contributed by atoms with Crippen molar-refractivity contribution in [1.29, 1.82) is 0 Å². The van der Waals surface area contributed by atoms with Crippen LogP contribution in [0, 0.1) is 6.92 Å². The molecule has 4 heteroatoms. The molecule has 1 rings (SSSR count). The Bertz CT molecular complexity index is 351. The molecule has 0 radical (unpaired) electrons. The molecule has 1 aromatic rings. The highest BCUT2D eigenvalue weighted by atomic mass is 16.5. The van der Waals surface area contributed by atoms with Crippen LogP contribution in [0.15, 0.2) is 18.2 Å². The minimum Gasteiger partial charge on any atom is -0.496 e. The summed E-state index contributed by atoms with van der Waals surface area (Å²) in [6, 6.07) is 5.69. The standard InChI is InChI=1S/C13H21NO3/c1-9-4-5-12(13(6-9)17-3)10(2)14-11(7-15)8-16/h4-6,10-11,14-16H,7-8H2,1-3H3. The second-order valence-electron chi connectivity index (χ2n) is 4.20. The van der Waals surface area contributed by atoms with Gasteiger partial charge in [-0.3, -0.25) is 0 Å². The average molecular weight is 239 g/mol. The highest BCUT2D eigenvalue weighted by Gasteiger charge is 2.15. The first-order chi connectivity index (χ1) is 8.12. The lowest BCUT2D eigenvalue weighted by atomic mass is 10.0. The smallest absolute Gasteiger partial charge is 0.123 e. The summed E-state index contributed by atoms with van der Waals surface area (Å²) in [5, 5.41) is 21.2. The van der Waals surface area contributed by atoms with Gasteiger partial charge in [0.25, 0.3) is 0 Å². The van der Waals surface area contributed by atoms with Gasteiger partial charge in [-0.15, -0.1) is 0 Å². The Labute approximate surface area is 102 Å². The van der Waals surface area contributed by atoms with Crippen molar-refractivity contribution in [3.63, 3.8) is 0 Å². The van der Waals surface area contributed by atoms with Gasteiger partial charge in [-0.1, -0.05) is 12.1 Å². The zero-order valence-corrected chi connectivity index (χ0v) is 10.6. The predicted molar refractivity (Wildman–Crippen MR) is 67.2 cm³/mol. The molecule has 0 aliphatic carbocycles. The Balaban J connectivity index is 2.84. The van der Waals surface area contributed by atoms with Crippen molar-refractivity contribution in [2.24, 2.45) is 0 Å². The van der Waals surface area contributed by atoms with Crippen LogP contribution in [0.3, 0.4) is 0 Å². The third-order valence-electron chi connectivity index (χ3n) is 2.78. The van der Waals surface area contributed by atoms with Crippen molar-refractivity contribution in [3.8, 4) is 5.75 Å². The van der Waals surface area contributed by atoms with Gasteiger partial charge in [0.1, 0.15) is 5.75 Å². The lowest BCUT2D eigenvalue weighted by Gasteiger charge is -2.22. The van der Waals surface area contributed by atoms with Crippen LogP contribution in [-0.4, -0.2) is 36.6 Å². The summed E-state index contributed by atoms with van der Waals surface area (Å²) >= 11 is 0. The van der Waals surface area contributed by atoms with E-state index in [9.17, 15) is 0 Å². The van der Waals surface area contributed by atoms with Crippen LogP contribution in [0.1, 0.15) is 24.1 Å². The number of aliphatic hydroxyl groups is 2. The van der Waals surface area contributed by atoms with Gasteiger partial charge < -0.3 is 20.3 Å². The zero-order chi connectivity index (χ0) is 12.8. The van der Waals surface area contributed by atoms with Crippen molar-refractivity contribution in [2.75, 3.05) is 20.3 Å². The van der Waals surface area contributed by atoms with Crippen LogP contribution in [-0.2, 0) is 0 Å². The fourth-order valence-electron chi connectivity index (χ4n) is 1.78. The minimum atomic E-state index is -0.309. The van der Waals surface area contributed by atoms with E-state index < -0.39 is 0 Å². The molecular weight excluding hydrogens is 218 g/mol. The van der Waals surface area contributed by atoms with Crippen LogP contribution in [0.5, 0.6) is 5.75 Å². The molecule has 0 aliphatic rings. The number of methoxy groups -OCH3 is 1. The summed E-state index contributed by atoms with van der Waals surface area (Å²) < 4.78 is 5.33. The normalized spacial score (nSPS) is 12.8. The van der Waals surface area contributed by atoms with E-state index in [2.05, 4.69) is 5.32 Å². The first-order valence-electron chi connectivity index (χ1n) is 5.74. The number of rotatable bonds is 6. The Morgan fingerprint density at radius 3 is 2.47 bits per heavy atom. The molecule has 0 spiro atoms. The van der Waals surface area contributed by atoms with Crippen LogP contribution in [0.4, 0.5) is 0 Å². The van der Waals surface area contributed by atoms with Crippen molar-refractivity contribution >= 4 is 0 Å². The number of ether oxygens (including phenoxy) is 1. The van der Waals surface area contributed by atoms with E-state index in [1.165, 1.54) is 0 Å². The number of benzene rings is 1. The van der Waals surface area contributed by atoms with Gasteiger partial charge in [-0.2, -0.15) is 0 Å². The van der Waals surface area contributed by atoms with Crippen LogP contribution in [0.2, 0.25) is 0 Å². The molecule has 3 N–H and O–H groups in total. The van der Waals surface area contributed by atoms with Crippen molar-refractivity contribution in [1.82, 2.24) is 5.32 Å². The molecule has 17 heavy (non-hydrogen) atoms. The minimum absolute atomic E-state index is 0.00912. The maximum absolute atomic E-state index is 9.04. The molecular formula is C13H21NO3. The molecule has 0 heterocycles. The molecule has 0 fully saturated rings. The van der Waals surface area contributed by atoms with Gasteiger partial charge in [0.05, 0.1) is 26.4 Å². The van der Waals surface area contributed by atoms with Gasteiger partial charge in [0.15, 0.2) is 0 Å². The van der Waals surface area contributed by atoms with E-state index in [4.69, 9.17) is 14.9 Å². The third kappa shape index (κ3) is 3.70. The summed E-state index contributed by atoms with van der Waals surface area (Å²) in [5.74, 6) is 0.819. The number of aryl methyl sites for hydroxylation is 1. The van der Waals surface area contributed by atoms with Crippen molar-refractivity contribution < 1.29 is 14.9 Å². The van der Waals surface area contributed by atoms with Gasteiger partial charge in [-0.25, -0.2) is 0 Å². The fraction of sp³-hybridized carbons (Fsp3) is 0.538. The van der Waals surface area contributed by atoms with Crippen LogP contribution < -0.4 is 10.1 Å². The van der Waals surface area contributed by atoms with E-state index >= 15 is 0 Å². The molecule has 1 unspecified atom stereocenters. The van der Waals surface area contributed by atoms with Crippen molar-refractivity contribution in [2.45, 2.75) is 25.9 Å². The average Bonchev–Trinajstić information content (AvgIpc) is 2.35. The van der Waals surface area contributed by atoms with E-state index in [0.29, 0.717) is 0 Å². The SMILES string of the molecule is COc1cc(C)ccc1C(C)NC(CO)CO. The van der Waals surface area contributed by atoms with E-state index in [1.54, 1.807) is 7.11 Å². The molecule has 0 saturated heterocycles. The van der Waals surface area contributed by atoms with Crippen LogP contribution >= 0.6 is 0 Å². The number of hydrogen-bond acceptors (Lipinski definition) is 4. The maximum Gasteiger partial charge on any atom is 0.123 e.